The molecule has 0 saturated carbocycles. The largest absolute Gasteiger partial charge is 0.479 e. The SMILES string of the molecule is CCCCC/C=C\C/C=C\CCCCCCCC(=O)OCC(COC1OC(C(=O)O)C(O)C(O)C1O)OC(=O)CCCCCCCCCCCCC/C=C\CCCCCCCCCC. The van der Waals surface area contributed by atoms with E-state index in [1.165, 1.54) is 128 Å². The van der Waals surface area contributed by atoms with Crippen LogP contribution in [0.2, 0.25) is 0 Å². The van der Waals surface area contributed by atoms with Gasteiger partial charge >= 0.3 is 17.9 Å². The van der Waals surface area contributed by atoms with Gasteiger partial charge in [-0.3, -0.25) is 9.59 Å². The van der Waals surface area contributed by atoms with Crippen molar-refractivity contribution >= 4 is 17.9 Å². The molecule has 0 aromatic heterocycles. The van der Waals surface area contributed by atoms with Crippen LogP contribution in [0.4, 0.5) is 0 Å². The van der Waals surface area contributed by atoms with Gasteiger partial charge in [0.1, 0.15) is 24.9 Å². The van der Waals surface area contributed by atoms with E-state index in [2.05, 4.69) is 50.3 Å². The van der Waals surface area contributed by atoms with E-state index in [-0.39, 0.29) is 19.4 Å². The highest BCUT2D eigenvalue weighted by Crippen LogP contribution is 2.23. The second-order valence-electron chi connectivity index (χ2n) is 18.0. The number of allylic oxidation sites excluding steroid dienone is 6. The number of esters is 2. The minimum Gasteiger partial charge on any atom is -0.479 e. The molecule has 1 aliphatic rings. The van der Waals surface area contributed by atoms with Gasteiger partial charge in [0.05, 0.1) is 6.61 Å². The number of carbonyl (C=O) groups excluding carboxylic acids is 2. The molecule has 64 heavy (non-hydrogen) atoms. The van der Waals surface area contributed by atoms with Crippen molar-refractivity contribution in [2.45, 2.75) is 269 Å². The quantitative estimate of drug-likeness (QED) is 0.0261. The Bertz CT molecular complexity index is 1200. The maximum absolute atomic E-state index is 12.8. The third-order valence-corrected chi connectivity index (χ3v) is 12.0. The number of hydrogen-bond acceptors (Lipinski definition) is 10. The topological polar surface area (TPSA) is 169 Å². The van der Waals surface area contributed by atoms with Crippen molar-refractivity contribution in [1.82, 2.24) is 0 Å². The van der Waals surface area contributed by atoms with Gasteiger partial charge in [0.15, 0.2) is 18.5 Å². The predicted octanol–water partition coefficient (Wildman–Crippen LogP) is 12.3. The predicted molar refractivity (Wildman–Crippen MR) is 257 cm³/mol. The van der Waals surface area contributed by atoms with E-state index in [1.807, 2.05) is 0 Å². The van der Waals surface area contributed by atoms with E-state index >= 15 is 0 Å². The zero-order valence-electron chi connectivity index (χ0n) is 40.5. The summed E-state index contributed by atoms with van der Waals surface area (Å²) in [6, 6.07) is 0. The summed E-state index contributed by atoms with van der Waals surface area (Å²) in [6.45, 7) is 3.80. The Labute approximate surface area is 389 Å². The first-order valence-electron chi connectivity index (χ1n) is 26.0. The third kappa shape index (κ3) is 33.8. The summed E-state index contributed by atoms with van der Waals surface area (Å²) in [5, 5.41) is 39.9. The fourth-order valence-electron chi connectivity index (χ4n) is 7.85. The first-order chi connectivity index (χ1) is 31.2. The van der Waals surface area contributed by atoms with Gasteiger partial charge in [0.25, 0.3) is 0 Å². The molecule has 6 atom stereocenters. The second-order valence-corrected chi connectivity index (χ2v) is 18.0. The molecule has 0 aliphatic carbocycles. The van der Waals surface area contributed by atoms with Crippen molar-refractivity contribution in [3.05, 3.63) is 36.5 Å². The Kier molecular flexibility index (Phi) is 40.0. The second kappa shape index (κ2) is 43.0. The molecule has 1 aliphatic heterocycles. The molecule has 1 saturated heterocycles. The number of aliphatic carboxylic acids is 1. The Balaban J connectivity index is 2.28. The Morgan fingerprint density at radius 1 is 0.484 bits per heavy atom. The van der Waals surface area contributed by atoms with E-state index in [9.17, 15) is 34.8 Å². The van der Waals surface area contributed by atoms with Crippen molar-refractivity contribution in [1.29, 1.82) is 0 Å². The smallest absolute Gasteiger partial charge is 0.335 e. The number of unbranched alkanes of at least 4 members (excludes halogenated alkanes) is 27. The molecule has 1 heterocycles. The van der Waals surface area contributed by atoms with Gasteiger partial charge in [-0.15, -0.1) is 0 Å². The van der Waals surface area contributed by atoms with Gasteiger partial charge in [0.2, 0.25) is 0 Å². The zero-order chi connectivity index (χ0) is 46.7. The minimum atomic E-state index is -1.86. The van der Waals surface area contributed by atoms with Gasteiger partial charge in [-0.25, -0.2) is 4.79 Å². The maximum Gasteiger partial charge on any atom is 0.335 e. The van der Waals surface area contributed by atoms with Crippen molar-refractivity contribution < 1.29 is 53.8 Å². The van der Waals surface area contributed by atoms with Crippen LogP contribution in [0.5, 0.6) is 0 Å². The molecular formula is C53H94O11. The van der Waals surface area contributed by atoms with E-state index in [1.54, 1.807) is 0 Å². The lowest BCUT2D eigenvalue weighted by atomic mass is 9.99. The highest BCUT2D eigenvalue weighted by molar-refractivity contribution is 5.73. The number of carboxylic acid groups (broad SMARTS) is 1. The summed E-state index contributed by atoms with van der Waals surface area (Å²) in [5.74, 6) is -2.45. The van der Waals surface area contributed by atoms with Crippen LogP contribution in [0.1, 0.15) is 232 Å². The molecule has 6 unspecified atom stereocenters. The van der Waals surface area contributed by atoms with Gasteiger partial charge in [-0.2, -0.15) is 0 Å². The molecule has 1 rings (SSSR count). The van der Waals surface area contributed by atoms with Crippen molar-refractivity contribution in [3.63, 3.8) is 0 Å². The van der Waals surface area contributed by atoms with Gasteiger partial charge in [-0.05, 0) is 70.6 Å². The van der Waals surface area contributed by atoms with Crippen LogP contribution in [0.3, 0.4) is 0 Å². The Morgan fingerprint density at radius 3 is 1.34 bits per heavy atom. The molecule has 0 bridgehead atoms. The van der Waals surface area contributed by atoms with Crippen LogP contribution in [0, 0.1) is 0 Å². The zero-order valence-corrected chi connectivity index (χ0v) is 40.5. The molecule has 1 fully saturated rings. The first kappa shape index (κ1) is 59.4. The highest BCUT2D eigenvalue weighted by Gasteiger charge is 2.47. The Hall–Kier alpha value is -2.57. The lowest BCUT2D eigenvalue weighted by molar-refractivity contribution is -0.298. The average molecular weight is 907 g/mol. The van der Waals surface area contributed by atoms with Crippen LogP contribution in [-0.2, 0) is 33.3 Å². The van der Waals surface area contributed by atoms with E-state index in [0.29, 0.717) is 12.8 Å². The molecule has 0 radical (unpaired) electrons. The number of carbonyl (C=O) groups is 3. The molecular weight excluding hydrogens is 813 g/mol. The Morgan fingerprint density at radius 2 is 0.875 bits per heavy atom. The molecule has 11 nitrogen and oxygen atoms in total. The van der Waals surface area contributed by atoms with Crippen molar-refractivity contribution in [2.75, 3.05) is 13.2 Å². The number of hydrogen-bond donors (Lipinski definition) is 4. The minimum absolute atomic E-state index is 0.180. The fourth-order valence-corrected chi connectivity index (χ4v) is 7.85. The molecule has 0 amide bonds. The van der Waals surface area contributed by atoms with Gasteiger partial charge < -0.3 is 39.4 Å². The average Bonchev–Trinajstić information content (AvgIpc) is 3.28. The third-order valence-electron chi connectivity index (χ3n) is 12.0. The van der Waals surface area contributed by atoms with Crippen LogP contribution < -0.4 is 0 Å². The summed E-state index contributed by atoms with van der Waals surface area (Å²) >= 11 is 0. The molecule has 11 heteroatoms. The lowest BCUT2D eigenvalue weighted by Crippen LogP contribution is -2.60. The molecule has 0 spiro atoms. The summed E-state index contributed by atoms with van der Waals surface area (Å²) in [4.78, 5) is 37.0. The van der Waals surface area contributed by atoms with Crippen LogP contribution in [-0.4, -0.2) is 88.4 Å². The summed E-state index contributed by atoms with van der Waals surface area (Å²) in [7, 11) is 0. The highest BCUT2D eigenvalue weighted by atomic mass is 16.7. The normalized spacial score (nSPS) is 19.5. The fraction of sp³-hybridized carbons (Fsp3) is 0.830. The molecule has 0 aromatic rings. The summed E-state index contributed by atoms with van der Waals surface area (Å²) < 4.78 is 21.8. The first-order valence-corrected chi connectivity index (χ1v) is 26.0. The number of ether oxygens (including phenoxy) is 4. The summed E-state index contributed by atoms with van der Waals surface area (Å²) in [5.41, 5.74) is 0. The lowest BCUT2D eigenvalue weighted by Gasteiger charge is -2.38. The van der Waals surface area contributed by atoms with Gasteiger partial charge in [0, 0.05) is 12.8 Å². The standard InChI is InChI=1S/C53H94O11/c1-3-5-7-9-11-13-15-17-19-20-21-22-23-24-25-26-28-30-32-34-36-38-40-42-47(55)63-45(44-62-53-50(58)48(56)49(57)51(64-53)52(59)60)43-61-46(54)41-39-37-35-33-31-29-27-18-16-14-12-10-8-6-4-2/h12,14,18,20-21,27,45,48-51,53,56-58H,3-11,13,15-17,19,22-26,28-44H2,1-2H3,(H,59,60)/b14-12-,21-20-,27-18-. The number of carboxylic acids is 1. The van der Waals surface area contributed by atoms with Crippen LogP contribution in [0.15, 0.2) is 36.5 Å². The monoisotopic (exact) mass is 907 g/mol. The van der Waals surface area contributed by atoms with E-state index in [0.717, 1.165) is 64.2 Å². The van der Waals surface area contributed by atoms with Crippen LogP contribution >= 0.6 is 0 Å². The summed E-state index contributed by atoms with van der Waals surface area (Å²) in [6.07, 6.45) is 42.0. The van der Waals surface area contributed by atoms with E-state index in [4.69, 9.17) is 18.9 Å². The van der Waals surface area contributed by atoms with Gasteiger partial charge in [-0.1, -0.05) is 185 Å². The number of aliphatic hydroxyl groups is 3. The van der Waals surface area contributed by atoms with Crippen LogP contribution in [0.25, 0.3) is 0 Å². The molecule has 372 valence electrons. The molecule has 0 aromatic carbocycles. The number of rotatable bonds is 44. The number of aliphatic hydroxyl groups excluding tert-OH is 3. The van der Waals surface area contributed by atoms with E-state index < -0.39 is 61.3 Å². The van der Waals surface area contributed by atoms with Crippen molar-refractivity contribution in [2.24, 2.45) is 0 Å². The molecule has 4 N–H and O–H groups in total. The maximum atomic E-state index is 12.8. The van der Waals surface area contributed by atoms with Crippen molar-refractivity contribution in [3.8, 4) is 0 Å².